The highest BCUT2D eigenvalue weighted by Crippen LogP contribution is 2.15. The van der Waals surface area contributed by atoms with Crippen LogP contribution >= 0.6 is 12.2 Å². The van der Waals surface area contributed by atoms with Crippen LogP contribution in [-0.2, 0) is 0 Å². The van der Waals surface area contributed by atoms with Crippen molar-refractivity contribution in [2.75, 3.05) is 0 Å². The molecule has 0 spiro atoms. The summed E-state index contributed by atoms with van der Waals surface area (Å²) in [5, 5.41) is 4.17. The maximum absolute atomic E-state index is 5.66. The summed E-state index contributed by atoms with van der Waals surface area (Å²) in [6, 6.07) is 7.79. The van der Waals surface area contributed by atoms with Gasteiger partial charge in [0.15, 0.2) is 0 Å². The Hall–Kier alpha value is -1.68. The van der Waals surface area contributed by atoms with Crippen LogP contribution in [0.1, 0.15) is 11.1 Å². The third kappa shape index (κ3) is 1.89. The second-order valence-corrected chi connectivity index (χ2v) is 3.78. The summed E-state index contributed by atoms with van der Waals surface area (Å²) in [5.74, 6) is 0. The molecule has 0 bridgehead atoms. The second kappa shape index (κ2) is 3.82. The van der Waals surface area contributed by atoms with Crippen molar-refractivity contribution >= 4 is 17.2 Å². The molecule has 1 aromatic carbocycles. The van der Waals surface area contributed by atoms with Gasteiger partial charge in [0.25, 0.3) is 0 Å². The van der Waals surface area contributed by atoms with E-state index in [1.165, 1.54) is 0 Å². The zero-order valence-corrected chi connectivity index (χ0v) is 9.16. The molecule has 0 radical (unpaired) electrons. The Morgan fingerprint density at radius 3 is 2.87 bits per heavy atom. The molecule has 0 amide bonds. The zero-order chi connectivity index (χ0) is 10.8. The van der Waals surface area contributed by atoms with E-state index in [0.717, 1.165) is 16.8 Å². The molecular weight excluding hydrogens is 206 g/mol. The van der Waals surface area contributed by atoms with Gasteiger partial charge >= 0.3 is 0 Å². The summed E-state index contributed by atoms with van der Waals surface area (Å²) in [7, 11) is 0. The van der Waals surface area contributed by atoms with E-state index < -0.39 is 0 Å². The number of hydrogen-bond acceptors (Lipinski definition) is 2. The first-order valence-corrected chi connectivity index (χ1v) is 5.00. The second-order valence-electron chi connectivity index (χ2n) is 3.34. The van der Waals surface area contributed by atoms with Crippen LogP contribution in [-0.4, -0.2) is 14.8 Å². The molecule has 15 heavy (non-hydrogen) atoms. The number of hydrogen-bond donors (Lipinski definition) is 1. The van der Waals surface area contributed by atoms with Crippen molar-refractivity contribution in [1.82, 2.24) is 9.78 Å². The molecule has 0 unspecified atom stereocenters. The summed E-state index contributed by atoms with van der Waals surface area (Å²) < 4.78 is 1.77. The van der Waals surface area contributed by atoms with Crippen LogP contribution in [0.4, 0.5) is 0 Å². The average molecular weight is 217 g/mol. The SMILES string of the molecule is Cc1ccc(C(N)=S)c(-n2cccn2)c1. The minimum absolute atomic E-state index is 0.389. The number of aryl methyl sites for hydroxylation is 1. The van der Waals surface area contributed by atoms with E-state index in [2.05, 4.69) is 5.10 Å². The minimum atomic E-state index is 0.389. The Kier molecular flexibility index (Phi) is 2.51. The van der Waals surface area contributed by atoms with Gasteiger partial charge in [-0.15, -0.1) is 0 Å². The fourth-order valence-corrected chi connectivity index (χ4v) is 1.62. The summed E-state index contributed by atoms with van der Waals surface area (Å²) >= 11 is 5.00. The van der Waals surface area contributed by atoms with Crippen LogP contribution in [0.3, 0.4) is 0 Å². The van der Waals surface area contributed by atoms with E-state index >= 15 is 0 Å². The van der Waals surface area contributed by atoms with Gasteiger partial charge < -0.3 is 5.73 Å². The first-order chi connectivity index (χ1) is 7.18. The van der Waals surface area contributed by atoms with Gasteiger partial charge in [0, 0.05) is 18.0 Å². The van der Waals surface area contributed by atoms with Crippen LogP contribution < -0.4 is 5.73 Å². The summed E-state index contributed by atoms with van der Waals surface area (Å²) in [5.41, 5.74) is 8.58. The lowest BCUT2D eigenvalue weighted by Crippen LogP contribution is -2.13. The van der Waals surface area contributed by atoms with E-state index in [-0.39, 0.29) is 0 Å². The quantitative estimate of drug-likeness (QED) is 0.780. The van der Waals surface area contributed by atoms with Crippen LogP contribution in [0.5, 0.6) is 0 Å². The molecule has 1 heterocycles. The minimum Gasteiger partial charge on any atom is -0.389 e. The molecule has 0 saturated carbocycles. The zero-order valence-electron chi connectivity index (χ0n) is 8.34. The van der Waals surface area contributed by atoms with Crippen molar-refractivity contribution in [3.05, 3.63) is 47.8 Å². The number of rotatable bonds is 2. The molecule has 2 aromatic rings. The normalized spacial score (nSPS) is 10.2. The molecule has 0 saturated heterocycles. The summed E-state index contributed by atoms with van der Waals surface area (Å²) in [6.07, 6.45) is 3.60. The lowest BCUT2D eigenvalue weighted by atomic mass is 10.1. The molecule has 3 nitrogen and oxygen atoms in total. The Labute approximate surface area is 93.5 Å². The molecule has 1 aromatic heterocycles. The van der Waals surface area contributed by atoms with Crippen molar-refractivity contribution in [2.45, 2.75) is 6.92 Å². The van der Waals surface area contributed by atoms with E-state index in [1.54, 1.807) is 10.9 Å². The molecule has 2 rings (SSSR count). The fraction of sp³-hybridized carbons (Fsp3) is 0.0909. The van der Waals surface area contributed by atoms with Gasteiger partial charge in [-0.3, -0.25) is 0 Å². The third-order valence-corrected chi connectivity index (χ3v) is 2.39. The highest BCUT2D eigenvalue weighted by Gasteiger charge is 2.07. The largest absolute Gasteiger partial charge is 0.389 e. The van der Waals surface area contributed by atoms with Crippen molar-refractivity contribution in [2.24, 2.45) is 5.73 Å². The Morgan fingerprint density at radius 1 is 1.47 bits per heavy atom. The lowest BCUT2D eigenvalue weighted by molar-refractivity contribution is 0.877. The molecule has 0 atom stereocenters. The van der Waals surface area contributed by atoms with Gasteiger partial charge in [0.05, 0.1) is 5.69 Å². The highest BCUT2D eigenvalue weighted by atomic mass is 32.1. The highest BCUT2D eigenvalue weighted by molar-refractivity contribution is 7.80. The van der Waals surface area contributed by atoms with Gasteiger partial charge in [0.1, 0.15) is 4.99 Å². The van der Waals surface area contributed by atoms with E-state index in [9.17, 15) is 0 Å². The van der Waals surface area contributed by atoms with Crippen LogP contribution in [0.2, 0.25) is 0 Å². The van der Waals surface area contributed by atoms with Crippen LogP contribution in [0.25, 0.3) is 5.69 Å². The first-order valence-electron chi connectivity index (χ1n) is 4.59. The van der Waals surface area contributed by atoms with Crippen LogP contribution in [0, 0.1) is 6.92 Å². The standard InChI is InChI=1S/C11H11N3S/c1-8-3-4-9(11(12)15)10(7-8)14-6-2-5-13-14/h2-7H,1H3,(H2,12,15). The number of aromatic nitrogens is 2. The van der Waals surface area contributed by atoms with Gasteiger partial charge in [-0.1, -0.05) is 18.3 Å². The maximum Gasteiger partial charge on any atom is 0.106 e. The molecule has 76 valence electrons. The van der Waals surface area contributed by atoms with Crippen molar-refractivity contribution in [1.29, 1.82) is 0 Å². The van der Waals surface area contributed by atoms with Crippen molar-refractivity contribution < 1.29 is 0 Å². The predicted octanol–water partition coefficient (Wildman–Crippen LogP) is 1.81. The van der Waals surface area contributed by atoms with Gasteiger partial charge in [-0.2, -0.15) is 5.10 Å². The number of nitrogens with two attached hydrogens (primary N) is 1. The average Bonchev–Trinajstić information content (AvgIpc) is 2.69. The first kappa shape index (κ1) is 9.86. The van der Waals surface area contributed by atoms with Gasteiger partial charge in [0.2, 0.25) is 0 Å². The number of nitrogens with zero attached hydrogens (tertiary/aromatic N) is 2. The molecule has 0 aliphatic carbocycles. The summed E-state index contributed by atoms with van der Waals surface area (Å²) in [4.78, 5) is 0.389. The fourth-order valence-electron chi connectivity index (χ4n) is 1.45. The van der Waals surface area contributed by atoms with Gasteiger partial charge in [-0.05, 0) is 30.7 Å². The monoisotopic (exact) mass is 217 g/mol. The molecule has 2 N–H and O–H groups in total. The lowest BCUT2D eigenvalue weighted by Gasteiger charge is -2.09. The summed E-state index contributed by atoms with van der Waals surface area (Å²) in [6.45, 7) is 2.02. The molecule has 0 aliphatic heterocycles. The third-order valence-electron chi connectivity index (χ3n) is 2.17. The van der Waals surface area contributed by atoms with Crippen molar-refractivity contribution in [3.63, 3.8) is 0 Å². The topological polar surface area (TPSA) is 43.8 Å². The maximum atomic E-state index is 5.66. The molecule has 4 heteroatoms. The Balaban J connectivity index is 2.63. The number of thiocarbonyl (C=S) groups is 1. The van der Waals surface area contributed by atoms with E-state index in [4.69, 9.17) is 18.0 Å². The molecule has 0 fully saturated rings. The Bertz CT molecular complexity index is 489. The smallest absolute Gasteiger partial charge is 0.106 e. The van der Waals surface area contributed by atoms with Gasteiger partial charge in [-0.25, -0.2) is 4.68 Å². The predicted molar refractivity (Wildman–Crippen MR) is 64.2 cm³/mol. The van der Waals surface area contributed by atoms with Crippen molar-refractivity contribution in [3.8, 4) is 5.69 Å². The molecular formula is C11H11N3S. The van der Waals surface area contributed by atoms with Crippen LogP contribution in [0.15, 0.2) is 36.7 Å². The van der Waals surface area contributed by atoms with E-state index in [1.807, 2.05) is 37.4 Å². The Morgan fingerprint density at radius 2 is 2.27 bits per heavy atom. The number of benzene rings is 1. The molecule has 0 aliphatic rings. The van der Waals surface area contributed by atoms with E-state index in [0.29, 0.717) is 4.99 Å².